The van der Waals surface area contributed by atoms with Gasteiger partial charge >= 0.3 is 5.97 Å². The van der Waals surface area contributed by atoms with Gasteiger partial charge < -0.3 is 19.4 Å². The lowest BCUT2D eigenvalue weighted by Crippen LogP contribution is -2.50. The molecule has 2 aromatic rings. The fourth-order valence-electron chi connectivity index (χ4n) is 3.93. The molecule has 0 radical (unpaired) electrons. The molecular weight excluding hydrogens is 311 g/mol. The van der Waals surface area contributed by atoms with Crippen LogP contribution in [0.4, 0.5) is 4.39 Å². The summed E-state index contributed by atoms with van der Waals surface area (Å²) in [5, 5.41) is 0.569. The Kier molecular flexibility index (Phi) is 3.72. The van der Waals surface area contributed by atoms with E-state index in [0.717, 1.165) is 38.9 Å². The van der Waals surface area contributed by atoms with Crippen molar-refractivity contribution in [1.29, 1.82) is 0 Å². The molecule has 1 aromatic carbocycles. The molecule has 6 heteroatoms. The number of aromatic nitrogens is 1. The Bertz CT molecular complexity index is 764. The van der Waals surface area contributed by atoms with Crippen molar-refractivity contribution < 1.29 is 18.7 Å². The van der Waals surface area contributed by atoms with E-state index in [1.54, 1.807) is 6.20 Å². The third-order valence-corrected chi connectivity index (χ3v) is 5.53. The average molecular weight is 332 g/mol. The molecule has 3 aliphatic heterocycles. The second-order valence-electron chi connectivity index (χ2n) is 6.90. The number of nitrogens with zero attached hydrogens (tertiary/aromatic N) is 1. The monoisotopic (exact) mass is 332 g/mol. The number of methoxy groups -OCH3 is 1. The number of halogens is 1. The van der Waals surface area contributed by atoms with Crippen molar-refractivity contribution >= 4 is 16.9 Å². The van der Waals surface area contributed by atoms with Gasteiger partial charge in [0.15, 0.2) is 0 Å². The number of rotatable bonds is 4. The Morgan fingerprint density at radius 1 is 1.29 bits per heavy atom. The van der Waals surface area contributed by atoms with Crippen molar-refractivity contribution in [2.45, 2.75) is 19.3 Å². The van der Waals surface area contributed by atoms with Gasteiger partial charge in [0.05, 0.1) is 30.2 Å². The molecule has 0 amide bonds. The molecule has 3 aliphatic rings. The SMILES string of the molecule is COc1cc(F)cc2[nH]cc(C(=O)OCC34CCN(CC3)CC4)c12. The van der Waals surface area contributed by atoms with Crippen LogP contribution in [0.2, 0.25) is 0 Å². The summed E-state index contributed by atoms with van der Waals surface area (Å²) in [6, 6.07) is 2.63. The van der Waals surface area contributed by atoms with Gasteiger partial charge in [0.2, 0.25) is 0 Å². The number of aromatic amines is 1. The number of hydrogen-bond donors (Lipinski definition) is 1. The molecule has 5 rings (SSSR count). The van der Waals surface area contributed by atoms with Gasteiger partial charge in [-0.3, -0.25) is 0 Å². The smallest absolute Gasteiger partial charge is 0.340 e. The Morgan fingerprint density at radius 3 is 2.67 bits per heavy atom. The predicted molar refractivity (Wildman–Crippen MR) is 87.8 cm³/mol. The molecule has 1 N–H and O–H groups in total. The lowest BCUT2D eigenvalue weighted by molar-refractivity contribution is -0.0304. The highest BCUT2D eigenvalue weighted by molar-refractivity contribution is 6.06. The first-order valence-electron chi connectivity index (χ1n) is 8.34. The Morgan fingerprint density at radius 2 is 2.00 bits per heavy atom. The molecule has 0 unspecified atom stereocenters. The molecule has 5 nitrogen and oxygen atoms in total. The quantitative estimate of drug-likeness (QED) is 0.875. The first-order chi connectivity index (χ1) is 11.6. The van der Waals surface area contributed by atoms with Crippen LogP contribution in [0, 0.1) is 11.2 Å². The van der Waals surface area contributed by atoms with Crippen molar-refractivity contribution in [3.8, 4) is 5.75 Å². The van der Waals surface area contributed by atoms with E-state index < -0.39 is 5.82 Å². The second kappa shape index (κ2) is 5.77. The van der Waals surface area contributed by atoms with Gasteiger partial charge in [-0.1, -0.05) is 0 Å². The van der Waals surface area contributed by atoms with E-state index in [-0.39, 0.29) is 11.4 Å². The fraction of sp³-hybridized carbons (Fsp3) is 0.500. The largest absolute Gasteiger partial charge is 0.496 e. The van der Waals surface area contributed by atoms with Crippen LogP contribution in [0.25, 0.3) is 10.9 Å². The number of benzene rings is 1. The number of fused-ring (bicyclic) bond motifs is 4. The number of esters is 1. The Balaban J connectivity index is 1.55. The van der Waals surface area contributed by atoms with E-state index in [1.807, 2.05) is 0 Å². The third kappa shape index (κ3) is 2.55. The van der Waals surface area contributed by atoms with Gasteiger partial charge in [-0.15, -0.1) is 0 Å². The fourth-order valence-corrected chi connectivity index (χ4v) is 3.93. The highest BCUT2D eigenvalue weighted by Gasteiger charge is 2.40. The minimum atomic E-state index is -0.408. The molecule has 24 heavy (non-hydrogen) atoms. The number of carbonyl (C=O) groups is 1. The zero-order chi connectivity index (χ0) is 16.7. The Labute approximate surface area is 139 Å². The van der Waals surface area contributed by atoms with Gasteiger partial charge in [-0.25, -0.2) is 9.18 Å². The molecule has 1 aromatic heterocycles. The van der Waals surface area contributed by atoms with Crippen molar-refractivity contribution in [1.82, 2.24) is 9.88 Å². The molecule has 2 bridgehead atoms. The maximum absolute atomic E-state index is 13.6. The van der Waals surface area contributed by atoms with Crippen molar-refractivity contribution in [2.75, 3.05) is 33.4 Å². The summed E-state index contributed by atoms with van der Waals surface area (Å²) in [5.41, 5.74) is 1.06. The van der Waals surface area contributed by atoms with Crippen LogP contribution in [-0.4, -0.2) is 49.2 Å². The molecule has 128 valence electrons. The first-order valence-corrected chi connectivity index (χ1v) is 8.34. The topological polar surface area (TPSA) is 54.6 Å². The van der Waals surface area contributed by atoms with E-state index in [2.05, 4.69) is 9.88 Å². The maximum atomic E-state index is 13.6. The number of ether oxygens (including phenoxy) is 2. The van der Waals surface area contributed by atoms with Gasteiger partial charge in [0.1, 0.15) is 11.6 Å². The van der Waals surface area contributed by atoms with E-state index in [0.29, 0.717) is 28.8 Å². The zero-order valence-electron chi connectivity index (χ0n) is 13.7. The van der Waals surface area contributed by atoms with Crippen LogP contribution in [0.15, 0.2) is 18.3 Å². The van der Waals surface area contributed by atoms with Crippen LogP contribution >= 0.6 is 0 Å². The molecule has 0 spiro atoms. The van der Waals surface area contributed by atoms with Gasteiger partial charge in [-0.05, 0) is 45.0 Å². The summed E-state index contributed by atoms with van der Waals surface area (Å²) >= 11 is 0. The summed E-state index contributed by atoms with van der Waals surface area (Å²) in [7, 11) is 1.46. The van der Waals surface area contributed by atoms with Gasteiger partial charge in [0, 0.05) is 17.7 Å². The summed E-state index contributed by atoms with van der Waals surface area (Å²) in [5.74, 6) is -0.454. The van der Waals surface area contributed by atoms with Gasteiger partial charge in [0.25, 0.3) is 0 Å². The predicted octanol–water partition coefficient (Wildman–Crippen LogP) is 2.96. The van der Waals surface area contributed by atoms with Gasteiger partial charge in [-0.2, -0.15) is 0 Å². The van der Waals surface area contributed by atoms with Crippen molar-refractivity contribution in [3.63, 3.8) is 0 Å². The highest BCUT2D eigenvalue weighted by Crippen LogP contribution is 2.40. The molecule has 3 saturated heterocycles. The van der Waals surface area contributed by atoms with Crippen LogP contribution < -0.4 is 4.74 Å². The third-order valence-electron chi connectivity index (χ3n) is 5.53. The minimum Gasteiger partial charge on any atom is -0.496 e. The molecular formula is C18H21FN2O3. The van der Waals surface area contributed by atoms with Crippen LogP contribution in [0.3, 0.4) is 0 Å². The number of piperidine rings is 3. The standard InChI is InChI=1S/C18H21FN2O3/c1-23-15-9-12(19)8-14-16(15)13(10-20-14)17(22)24-11-18-2-5-21(6-3-18)7-4-18/h8-10,20H,2-7,11H2,1H3. The summed E-state index contributed by atoms with van der Waals surface area (Å²) < 4.78 is 24.4. The molecule has 3 fully saturated rings. The summed E-state index contributed by atoms with van der Waals surface area (Å²) in [6.07, 6.45) is 4.82. The lowest BCUT2D eigenvalue weighted by atomic mass is 9.73. The molecule has 4 heterocycles. The lowest BCUT2D eigenvalue weighted by Gasteiger charge is -2.47. The number of H-pyrrole nitrogens is 1. The normalized spacial score (nSPS) is 25.8. The number of hydrogen-bond acceptors (Lipinski definition) is 4. The minimum absolute atomic E-state index is 0.132. The van der Waals surface area contributed by atoms with Crippen molar-refractivity contribution in [3.05, 3.63) is 29.7 Å². The highest BCUT2D eigenvalue weighted by atomic mass is 19.1. The summed E-state index contributed by atoms with van der Waals surface area (Å²) in [6.45, 7) is 3.74. The van der Waals surface area contributed by atoms with E-state index in [1.165, 1.54) is 19.2 Å². The maximum Gasteiger partial charge on any atom is 0.340 e. The van der Waals surface area contributed by atoms with Crippen molar-refractivity contribution in [2.24, 2.45) is 5.41 Å². The zero-order valence-corrected chi connectivity index (χ0v) is 13.7. The second-order valence-corrected chi connectivity index (χ2v) is 6.90. The van der Waals surface area contributed by atoms with E-state index >= 15 is 0 Å². The molecule has 0 atom stereocenters. The summed E-state index contributed by atoms with van der Waals surface area (Å²) in [4.78, 5) is 18.0. The average Bonchev–Trinajstić information content (AvgIpc) is 3.04. The van der Waals surface area contributed by atoms with Crippen LogP contribution in [0.1, 0.15) is 29.6 Å². The van der Waals surface area contributed by atoms with E-state index in [9.17, 15) is 9.18 Å². The number of nitrogens with one attached hydrogen (secondary N) is 1. The first kappa shape index (κ1) is 15.4. The number of carbonyl (C=O) groups excluding carboxylic acids is 1. The molecule has 0 aliphatic carbocycles. The van der Waals surface area contributed by atoms with Crippen LogP contribution in [0.5, 0.6) is 5.75 Å². The molecule has 0 saturated carbocycles. The Hall–Kier alpha value is -2.08. The van der Waals surface area contributed by atoms with E-state index in [4.69, 9.17) is 9.47 Å². The van der Waals surface area contributed by atoms with Crippen LogP contribution in [-0.2, 0) is 4.74 Å².